The predicted octanol–water partition coefficient (Wildman–Crippen LogP) is 4.42. The van der Waals surface area contributed by atoms with Gasteiger partial charge in [-0.1, -0.05) is 32.6 Å². The Balaban J connectivity index is 1.84. The molecule has 0 heterocycles. The van der Waals surface area contributed by atoms with Crippen LogP contribution in [0.5, 0.6) is 0 Å². The van der Waals surface area contributed by atoms with Gasteiger partial charge in [0.15, 0.2) is 0 Å². The summed E-state index contributed by atoms with van der Waals surface area (Å²) in [5.41, 5.74) is -1.53. The third kappa shape index (κ3) is 3.19. The zero-order valence-corrected chi connectivity index (χ0v) is 11.2. The van der Waals surface area contributed by atoms with Gasteiger partial charge in [-0.2, -0.15) is 13.2 Å². The molecule has 2 rings (SSSR count). The van der Waals surface area contributed by atoms with E-state index in [0.717, 1.165) is 31.6 Å². The minimum absolute atomic E-state index is 0.0796. The first-order chi connectivity index (χ1) is 8.47. The SMILES string of the molecule is CCCC1CCCC(NC2(C(F)(F)F)CC2)CC1. The second kappa shape index (κ2) is 5.40. The molecule has 0 aromatic rings. The first-order valence-electron chi connectivity index (χ1n) is 7.31. The van der Waals surface area contributed by atoms with Crippen molar-refractivity contribution in [3.8, 4) is 0 Å². The van der Waals surface area contributed by atoms with Crippen LogP contribution in [0.1, 0.15) is 64.7 Å². The molecule has 18 heavy (non-hydrogen) atoms. The van der Waals surface area contributed by atoms with Crippen molar-refractivity contribution in [3.05, 3.63) is 0 Å². The Bertz CT molecular complexity index is 271. The maximum atomic E-state index is 12.9. The van der Waals surface area contributed by atoms with Gasteiger partial charge in [0.1, 0.15) is 5.54 Å². The van der Waals surface area contributed by atoms with Crippen LogP contribution in [0.3, 0.4) is 0 Å². The standard InChI is InChI=1S/C14H24F3N/c1-2-4-11-5-3-6-12(8-7-11)18-13(9-10-13)14(15,16)17/h11-12,18H,2-10H2,1H3. The van der Waals surface area contributed by atoms with Gasteiger partial charge < -0.3 is 5.32 Å². The molecule has 0 bridgehead atoms. The van der Waals surface area contributed by atoms with Crippen LogP contribution in [0.2, 0.25) is 0 Å². The molecule has 2 atom stereocenters. The van der Waals surface area contributed by atoms with E-state index in [1.165, 1.54) is 19.3 Å². The zero-order valence-electron chi connectivity index (χ0n) is 11.2. The fraction of sp³-hybridized carbons (Fsp3) is 1.00. The molecule has 1 N–H and O–H groups in total. The molecule has 0 radical (unpaired) electrons. The second-order valence-electron chi connectivity index (χ2n) is 6.08. The van der Waals surface area contributed by atoms with Crippen molar-refractivity contribution in [1.82, 2.24) is 5.32 Å². The van der Waals surface area contributed by atoms with Gasteiger partial charge in [0, 0.05) is 6.04 Å². The maximum absolute atomic E-state index is 12.9. The van der Waals surface area contributed by atoms with E-state index >= 15 is 0 Å². The van der Waals surface area contributed by atoms with Crippen molar-refractivity contribution in [1.29, 1.82) is 0 Å². The highest BCUT2D eigenvalue weighted by Gasteiger charge is 2.63. The molecule has 0 aromatic heterocycles. The minimum Gasteiger partial charge on any atom is -0.301 e. The lowest BCUT2D eigenvalue weighted by Crippen LogP contribution is -2.49. The summed E-state index contributed by atoms with van der Waals surface area (Å²) < 4.78 is 38.7. The lowest BCUT2D eigenvalue weighted by atomic mass is 9.95. The van der Waals surface area contributed by atoms with E-state index in [1.807, 2.05) is 0 Å². The maximum Gasteiger partial charge on any atom is 0.406 e. The summed E-state index contributed by atoms with van der Waals surface area (Å²) in [6.07, 6.45) is 4.10. The third-order valence-corrected chi connectivity index (χ3v) is 4.56. The van der Waals surface area contributed by atoms with Crippen molar-refractivity contribution in [2.75, 3.05) is 0 Å². The summed E-state index contributed by atoms with van der Waals surface area (Å²) in [6.45, 7) is 2.18. The van der Waals surface area contributed by atoms with Gasteiger partial charge in [0.05, 0.1) is 0 Å². The molecule has 0 amide bonds. The number of nitrogens with one attached hydrogen (secondary N) is 1. The van der Waals surface area contributed by atoms with E-state index in [-0.39, 0.29) is 18.9 Å². The Hall–Kier alpha value is -0.250. The minimum atomic E-state index is -4.07. The van der Waals surface area contributed by atoms with Gasteiger partial charge in [-0.15, -0.1) is 0 Å². The van der Waals surface area contributed by atoms with E-state index < -0.39 is 11.7 Å². The predicted molar refractivity (Wildman–Crippen MR) is 66.4 cm³/mol. The molecule has 2 unspecified atom stereocenters. The van der Waals surface area contributed by atoms with Crippen LogP contribution in [0, 0.1) is 5.92 Å². The number of alkyl halides is 3. The summed E-state index contributed by atoms with van der Waals surface area (Å²) in [6, 6.07) is 0.0796. The normalized spacial score (nSPS) is 32.0. The van der Waals surface area contributed by atoms with Crippen molar-refractivity contribution >= 4 is 0 Å². The molecule has 0 aromatic carbocycles. The molecular formula is C14H24F3N. The van der Waals surface area contributed by atoms with Crippen molar-refractivity contribution in [3.63, 3.8) is 0 Å². The molecule has 2 aliphatic carbocycles. The number of hydrogen-bond donors (Lipinski definition) is 1. The van der Waals surface area contributed by atoms with Crippen LogP contribution in [0.25, 0.3) is 0 Å². The molecule has 2 aliphatic rings. The first-order valence-corrected chi connectivity index (χ1v) is 7.31. The Morgan fingerprint density at radius 3 is 2.39 bits per heavy atom. The van der Waals surface area contributed by atoms with Gasteiger partial charge in [0.25, 0.3) is 0 Å². The molecule has 0 spiro atoms. The van der Waals surface area contributed by atoms with Crippen LogP contribution in [-0.2, 0) is 0 Å². The van der Waals surface area contributed by atoms with Crippen LogP contribution in [0.15, 0.2) is 0 Å². The molecule has 2 saturated carbocycles. The van der Waals surface area contributed by atoms with Crippen LogP contribution < -0.4 is 5.32 Å². The Labute approximate surface area is 108 Å². The highest BCUT2D eigenvalue weighted by atomic mass is 19.4. The quantitative estimate of drug-likeness (QED) is 0.740. The fourth-order valence-electron chi connectivity index (χ4n) is 3.25. The van der Waals surface area contributed by atoms with E-state index in [1.54, 1.807) is 0 Å². The first kappa shape index (κ1) is 14.2. The summed E-state index contributed by atoms with van der Waals surface area (Å²) in [5, 5.41) is 2.92. The average molecular weight is 263 g/mol. The highest BCUT2D eigenvalue weighted by molar-refractivity contribution is 5.09. The topological polar surface area (TPSA) is 12.0 Å². The van der Waals surface area contributed by atoms with Gasteiger partial charge >= 0.3 is 6.18 Å². The summed E-state index contributed by atoms with van der Waals surface area (Å²) in [7, 11) is 0. The van der Waals surface area contributed by atoms with Crippen molar-refractivity contribution < 1.29 is 13.2 Å². The molecule has 4 heteroatoms. The molecule has 0 aliphatic heterocycles. The Morgan fingerprint density at radius 2 is 1.83 bits per heavy atom. The smallest absolute Gasteiger partial charge is 0.301 e. The monoisotopic (exact) mass is 263 g/mol. The van der Waals surface area contributed by atoms with Gasteiger partial charge in [-0.3, -0.25) is 0 Å². The highest BCUT2D eigenvalue weighted by Crippen LogP contribution is 2.49. The van der Waals surface area contributed by atoms with Gasteiger partial charge in [0.2, 0.25) is 0 Å². The fourth-order valence-corrected chi connectivity index (χ4v) is 3.25. The third-order valence-electron chi connectivity index (χ3n) is 4.56. The molecule has 2 fully saturated rings. The molecular weight excluding hydrogens is 239 g/mol. The summed E-state index contributed by atoms with van der Waals surface area (Å²) in [4.78, 5) is 0. The summed E-state index contributed by atoms with van der Waals surface area (Å²) in [5.74, 6) is 0.739. The zero-order chi connectivity index (χ0) is 13.2. The Morgan fingerprint density at radius 1 is 1.11 bits per heavy atom. The lowest BCUT2D eigenvalue weighted by Gasteiger charge is -2.26. The second-order valence-corrected chi connectivity index (χ2v) is 6.08. The molecule has 106 valence electrons. The van der Waals surface area contributed by atoms with Crippen LogP contribution in [0.4, 0.5) is 13.2 Å². The van der Waals surface area contributed by atoms with Gasteiger partial charge in [-0.05, 0) is 38.0 Å². The summed E-state index contributed by atoms with van der Waals surface area (Å²) >= 11 is 0. The Kier molecular flexibility index (Phi) is 4.25. The van der Waals surface area contributed by atoms with E-state index in [9.17, 15) is 13.2 Å². The van der Waals surface area contributed by atoms with Crippen LogP contribution >= 0.6 is 0 Å². The van der Waals surface area contributed by atoms with E-state index in [0.29, 0.717) is 0 Å². The van der Waals surface area contributed by atoms with Crippen LogP contribution in [-0.4, -0.2) is 17.8 Å². The largest absolute Gasteiger partial charge is 0.406 e. The van der Waals surface area contributed by atoms with Crippen molar-refractivity contribution in [2.24, 2.45) is 5.92 Å². The number of rotatable bonds is 4. The van der Waals surface area contributed by atoms with Gasteiger partial charge in [-0.25, -0.2) is 0 Å². The lowest BCUT2D eigenvalue weighted by molar-refractivity contribution is -0.168. The molecule has 1 nitrogen and oxygen atoms in total. The number of halogens is 3. The van der Waals surface area contributed by atoms with Crippen molar-refractivity contribution in [2.45, 2.75) is 82.5 Å². The van der Waals surface area contributed by atoms with E-state index in [2.05, 4.69) is 12.2 Å². The molecule has 0 saturated heterocycles. The number of hydrogen-bond acceptors (Lipinski definition) is 1. The van der Waals surface area contributed by atoms with E-state index in [4.69, 9.17) is 0 Å². The average Bonchev–Trinajstić information content (AvgIpc) is 3.06.